The van der Waals surface area contributed by atoms with Crippen LogP contribution in [0.25, 0.3) is 11.1 Å². The highest BCUT2D eigenvalue weighted by atomic mass is 32.2. The quantitative estimate of drug-likeness (QED) is 0.431. The van der Waals surface area contributed by atoms with Crippen molar-refractivity contribution in [3.05, 3.63) is 40.3 Å². The molecule has 0 saturated carbocycles. The predicted molar refractivity (Wildman–Crippen MR) is 111 cm³/mol. The lowest BCUT2D eigenvalue weighted by atomic mass is 10.1. The van der Waals surface area contributed by atoms with Crippen molar-refractivity contribution in [1.29, 1.82) is 0 Å². The van der Waals surface area contributed by atoms with Crippen molar-refractivity contribution >= 4 is 57.0 Å². The summed E-state index contributed by atoms with van der Waals surface area (Å²) in [6, 6.07) is 7.29. The number of aromatic nitrogens is 1. The molecule has 1 aromatic carbocycles. The average Bonchev–Trinajstić information content (AvgIpc) is 3.20. The highest BCUT2D eigenvalue weighted by Crippen LogP contribution is 2.34. The van der Waals surface area contributed by atoms with Crippen LogP contribution in [0.5, 0.6) is 0 Å². The second-order valence-corrected chi connectivity index (χ2v) is 8.31. The molecule has 10 heteroatoms. The summed E-state index contributed by atoms with van der Waals surface area (Å²) in [4.78, 5) is 41.0. The molecule has 152 valence electrons. The lowest BCUT2D eigenvalue weighted by molar-refractivity contribution is -0.113. The lowest BCUT2D eigenvalue weighted by Crippen LogP contribution is -2.18. The fourth-order valence-corrected chi connectivity index (χ4v) is 4.26. The van der Waals surface area contributed by atoms with E-state index in [1.165, 1.54) is 0 Å². The van der Waals surface area contributed by atoms with Gasteiger partial charge in [0, 0.05) is 0 Å². The first kappa shape index (κ1) is 20.9. The maximum atomic E-state index is 12.4. The van der Waals surface area contributed by atoms with Gasteiger partial charge in [0.05, 0.1) is 22.3 Å². The number of nitrogens with two attached hydrogens (primary N) is 1. The van der Waals surface area contributed by atoms with Crippen LogP contribution in [-0.2, 0) is 9.53 Å². The Morgan fingerprint density at radius 3 is 2.69 bits per heavy atom. The smallest absolute Gasteiger partial charge is 0.341 e. The van der Waals surface area contributed by atoms with Gasteiger partial charge < -0.3 is 20.2 Å². The van der Waals surface area contributed by atoms with Crippen molar-refractivity contribution < 1.29 is 23.5 Å². The number of benzene rings is 1. The number of amides is 2. The molecule has 3 aromatic rings. The van der Waals surface area contributed by atoms with Crippen molar-refractivity contribution in [3.8, 4) is 0 Å². The first-order chi connectivity index (χ1) is 13.8. The minimum Gasteiger partial charge on any atom is -0.459 e. The van der Waals surface area contributed by atoms with Crippen molar-refractivity contribution in [1.82, 2.24) is 4.98 Å². The number of carbonyl (C=O) groups excluding carboxylic acids is 3. The normalized spacial score (nSPS) is 11.0. The van der Waals surface area contributed by atoms with Crippen LogP contribution in [0.3, 0.4) is 0 Å². The minimum atomic E-state index is -0.674. The van der Waals surface area contributed by atoms with Crippen LogP contribution in [0.2, 0.25) is 0 Å². The number of carbonyl (C=O) groups is 3. The number of ether oxygens (including phenoxy) is 1. The molecule has 3 N–H and O–H groups in total. The molecule has 0 spiro atoms. The average molecular weight is 434 g/mol. The fourth-order valence-electron chi connectivity index (χ4n) is 2.56. The molecule has 0 unspecified atom stereocenters. The molecule has 0 aliphatic heterocycles. The molecule has 0 saturated heterocycles. The van der Waals surface area contributed by atoms with Crippen LogP contribution in [0, 0.1) is 6.92 Å². The molecule has 0 atom stereocenters. The summed E-state index contributed by atoms with van der Waals surface area (Å²) in [5.41, 5.74) is 7.24. The number of rotatable bonds is 7. The van der Waals surface area contributed by atoms with E-state index in [2.05, 4.69) is 10.3 Å². The third-order valence-electron chi connectivity index (χ3n) is 3.77. The number of nitrogens with one attached hydrogen (secondary N) is 1. The lowest BCUT2D eigenvalue weighted by Gasteiger charge is -2.10. The summed E-state index contributed by atoms with van der Waals surface area (Å²) in [5.74, 6) is -1.67. The van der Waals surface area contributed by atoms with Gasteiger partial charge in [-0.05, 0) is 38.5 Å². The van der Waals surface area contributed by atoms with Crippen LogP contribution < -0.4 is 11.1 Å². The molecule has 2 amide bonds. The Kier molecular flexibility index (Phi) is 6.23. The highest BCUT2D eigenvalue weighted by Gasteiger charge is 2.26. The summed E-state index contributed by atoms with van der Waals surface area (Å²) in [5, 5.41) is 3.25. The molecule has 2 heterocycles. The molecule has 2 aromatic heterocycles. The molecule has 0 aliphatic carbocycles. The Morgan fingerprint density at radius 1 is 1.31 bits per heavy atom. The number of primary amides is 1. The SMILES string of the molecule is Cc1c(C(N)=O)sc(NC(=O)CSc2nc3ccccc3o2)c1C(=O)OC(C)C. The monoisotopic (exact) mass is 433 g/mol. The second kappa shape index (κ2) is 8.66. The summed E-state index contributed by atoms with van der Waals surface area (Å²) in [6.07, 6.45) is -0.350. The molecule has 0 bridgehead atoms. The van der Waals surface area contributed by atoms with E-state index in [1.54, 1.807) is 26.8 Å². The van der Waals surface area contributed by atoms with Crippen molar-refractivity contribution in [2.75, 3.05) is 11.1 Å². The van der Waals surface area contributed by atoms with Crippen molar-refractivity contribution in [3.63, 3.8) is 0 Å². The summed E-state index contributed by atoms with van der Waals surface area (Å²) >= 11 is 2.07. The third-order valence-corrected chi connectivity index (χ3v) is 5.82. The largest absolute Gasteiger partial charge is 0.459 e. The van der Waals surface area contributed by atoms with E-state index in [0.717, 1.165) is 23.1 Å². The number of hydrogen-bond donors (Lipinski definition) is 2. The Bertz CT molecular complexity index is 1050. The molecular weight excluding hydrogens is 414 g/mol. The van der Waals surface area contributed by atoms with Gasteiger partial charge in [0.25, 0.3) is 11.1 Å². The number of thioether (sulfide) groups is 1. The Hall–Kier alpha value is -2.85. The number of hydrogen-bond acceptors (Lipinski definition) is 8. The number of para-hydroxylation sites is 2. The maximum Gasteiger partial charge on any atom is 0.341 e. The summed E-state index contributed by atoms with van der Waals surface area (Å²) in [6.45, 7) is 5.02. The predicted octanol–water partition coefficient (Wildman–Crippen LogP) is 3.59. The maximum absolute atomic E-state index is 12.4. The van der Waals surface area contributed by atoms with E-state index >= 15 is 0 Å². The number of oxazole rings is 1. The molecule has 8 nitrogen and oxygen atoms in total. The molecule has 0 aliphatic rings. The van der Waals surface area contributed by atoms with E-state index in [-0.39, 0.29) is 33.2 Å². The van der Waals surface area contributed by atoms with E-state index in [9.17, 15) is 14.4 Å². The molecular formula is C19H19N3O5S2. The Morgan fingerprint density at radius 2 is 2.03 bits per heavy atom. The number of nitrogens with zero attached hydrogens (tertiary/aromatic N) is 1. The Labute approximate surface area is 174 Å². The number of esters is 1. The number of anilines is 1. The zero-order valence-electron chi connectivity index (χ0n) is 16.0. The van der Waals surface area contributed by atoms with Gasteiger partial charge in [0.2, 0.25) is 5.91 Å². The van der Waals surface area contributed by atoms with Gasteiger partial charge in [0.1, 0.15) is 10.5 Å². The van der Waals surface area contributed by atoms with Crippen LogP contribution >= 0.6 is 23.1 Å². The van der Waals surface area contributed by atoms with Gasteiger partial charge in [-0.3, -0.25) is 9.59 Å². The van der Waals surface area contributed by atoms with Crippen molar-refractivity contribution in [2.45, 2.75) is 32.1 Å². The molecule has 0 fully saturated rings. The molecule has 29 heavy (non-hydrogen) atoms. The number of thiophene rings is 1. The minimum absolute atomic E-state index is 0.00828. The van der Waals surface area contributed by atoms with Gasteiger partial charge >= 0.3 is 5.97 Å². The topological polar surface area (TPSA) is 125 Å². The van der Waals surface area contributed by atoms with Gasteiger partial charge in [-0.25, -0.2) is 9.78 Å². The van der Waals surface area contributed by atoms with Crippen LogP contribution in [0.1, 0.15) is 39.4 Å². The van der Waals surface area contributed by atoms with Crippen LogP contribution in [0.4, 0.5) is 5.00 Å². The second-order valence-electron chi connectivity index (χ2n) is 6.36. The zero-order chi connectivity index (χ0) is 21.1. The van der Waals surface area contributed by atoms with Gasteiger partial charge in [-0.2, -0.15) is 0 Å². The zero-order valence-corrected chi connectivity index (χ0v) is 17.6. The van der Waals surface area contributed by atoms with Crippen LogP contribution in [0.15, 0.2) is 33.9 Å². The van der Waals surface area contributed by atoms with Gasteiger partial charge in [-0.15, -0.1) is 11.3 Å². The molecule has 0 radical (unpaired) electrons. The van der Waals surface area contributed by atoms with E-state index in [4.69, 9.17) is 14.9 Å². The van der Waals surface area contributed by atoms with E-state index < -0.39 is 11.9 Å². The fraction of sp³-hybridized carbons (Fsp3) is 0.263. The third kappa shape index (κ3) is 4.77. The van der Waals surface area contributed by atoms with E-state index in [0.29, 0.717) is 21.9 Å². The standard InChI is InChI=1S/C19H19N3O5S2/c1-9(2)26-18(25)14-10(3)15(16(20)24)29-17(14)22-13(23)8-28-19-21-11-6-4-5-7-12(11)27-19/h4-7,9H,8H2,1-3H3,(H2,20,24)(H,22,23). The summed E-state index contributed by atoms with van der Waals surface area (Å²) in [7, 11) is 0. The highest BCUT2D eigenvalue weighted by molar-refractivity contribution is 7.99. The number of fused-ring (bicyclic) bond motifs is 1. The van der Waals surface area contributed by atoms with Gasteiger partial charge in [-0.1, -0.05) is 23.9 Å². The summed E-state index contributed by atoms with van der Waals surface area (Å²) < 4.78 is 10.8. The first-order valence-corrected chi connectivity index (χ1v) is 10.5. The van der Waals surface area contributed by atoms with Crippen LogP contribution in [-0.4, -0.2) is 34.6 Å². The molecule has 3 rings (SSSR count). The Balaban J connectivity index is 1.75. The van der Waals surface area contributed by atoms with E-state index in [1.807, 2.05) is 18.2 Å². The van der Waals surface area contributed by atoms with Crippen molar-refractivity contribution in [2.24, 2.45) is 5.73 Å². The first-order valence-electron chi connectivity index (χ1n) is 8.68. The van der Waals surface area contributed by atoms with Gasteiger partial charge in [0.15, 0.2) is 5.58 Å².